The predicted octanol–water partition coefficient (Wildman–Crippen LogP) is 1.49. The molecule has 25 heavy (non-hydrogen) atoms. The molecule has 6 nitrogen and oxygen atoms in total. The molecule has 0 aliphatic heterocycles. The Morgan fingerprint density at radius 2 is 2.00 bits per heavy atom. The minimum absolute atomic E-state index is 0.245. The van der Waals surface area contributed by atoms with Crippen LogP contribution in [0.3, 0.4) is 0 Å². The molecular weight excluding hydrogens is 320 g/mol. The quantitative estimate of drug-likeness (QED) is 0.551. The summed E-state index contributed by atoms with van der Waals surface area (Å²) in [5, 5.41) is 2.71. The van der Waals surface area contributed by atoms with Crippen molar-refractivity contribution < 1.29 is 19.1 Å². The van der Waals surface area contributed by atoms with Crippen LogP contribution in [0.25, 0.3) is 0 Å². The third-order valence-corrected chi connectivity index (χ3v) is 3.98. The van der Waals surface area contributed by atoms with E-state index in [1.807, 2.05) is 0 Å². The van der Waals surface area contributed by atoms with Crippen molar-refractivity contribution in [3.8, 4) is 17.6 Å². The van der Waals surface area contributed by atoms with Crippen LogP contribution in [0.2, 0.25) is 0 Å². The zero-order valence-corrected chi connectivity index (χ0v) is 14.6. The van der Waals surface area contributed by atoms with E-state index in [9.17, 15) is 9.59 Å². The largest absolute Gasteiger partial charge is 0.481 e. The van der Waals surface area contributed by atoms with Gasteiger partial charge in [-0.25, -0.2) is 4.79 Å². The van der Waals surface area contributed by atoms with Crippen molar-refractivity contribution in [3.05, 3.63) is 29.8 Å². The number of amides is 1. The van der Waals surface area contributed by atoms with Crippen molar-refractivity contribution in [2.45, 2.75) is 38.8 Å². The fourth-order valence-electron chi connectivity index (χ4n) is 2.42. The molecule has 2 atom stereocenters. The van der Waals surface area contributed by atoms with Gasteiger partial charge in [0.15, 0.2) is 0 Å². The van der Waals surface area contributed by atoms with E-state index in [0.29, 0.717) is 17.9 Å². The first-order valence-electron chi connectivity index (χ1n) is 8.42. The summed E-state index contributed by atoms with van der Waals surface area (Å²) in [6.45, 7) is 4.00. The van der Waals surface area contributed by atoms with Crippen LogP contribution in [0.5, 0.6) is 5.75 Å². The lowest BCUT2D eigenvalue weighted by atomic mass is 10.0. The molecule has 0 heterocycles. The minimum Gasteiger partial charge on any atom is -0.481 e. The Bertz CT molecular complexity index is 656. The van der Waals surface area contributed by atoms with Crippen LogP contribution in [-0.4, -0.2) is 37.2 Å². The van der Waals surface area contributed by atoms with Crippen LogP contribution in [0.15, 0.2) is 24.3 Å². The maximum atomic E-state index is 12.4. The molecule has 1 amide bonds. The van der Waals surface area contributed by atoms with Crippen LogP contribution < -0.4 is 15.8 Å². The summed E-state index contributed by atoms with van der Waals surface area (Å²) in [6.07, 6.45) is 1.94. The van der Waals surface area contributed by atoms with Crippen LogP contribution in [0, 0.1) is 17.8 Å². The Morgan fingerprint density at radius 1 is 1.32 bits per heavy atom. The van der Waals surface area contributed by atoms with Gasteiger partial charge in [0.2, 0.25) is 0 Å². The van der Waals surface area contributed by atoms with Crippen molar-refractivity contribution in [1.82, 2.24) is 5.32 Å². The number of ether oxygens (including phenoxy) is 2. The standard InChI is InChI=1S/C19H24N2O4/c1-3-5-12-25-15-10-8-14(9-11-15)18(22)21-17(19(23)24-4-2)16(20)13-6-7-13/h8-11,13,16-17H,4,6-7,12,20H2,1-2H3,(H,21,22). The molecular formula is C19H24N2O4. The van der Waals surface area contributed by atoms with Crippen LogP contribution in [-0.2, 0) is 9.53 Å². The Balaban J connectivity index is 2.01. The fraction of sp³-hybridized carbons (Fsp3) is 0.474. The van der Waals surface area contributed by atoms with E-state index in [4.69, 9.17) is 15.2 Å². The Labute approximate surface area is 148 Å². The highest BCUT2D eigenvalue weighted by molar-refractivity contribution is 5.97. The summed E-state index contributed by atoms with van der Waals surface area (Å²) in [5.74, 6) is 5.55. The van der Waals surface area contributed by atoms with E-state index in [1.165, 1.54) is 0 Å². The molecule has 6 heteroatoms. The average Bonchev–Trinajstić information content (AvgIpc) is 3.45. The predicted molar refractivity (Wildman–Crippen MR) is 94.0 cm³/mol. The molecule has 3 N–H and O–H groups in total. The number of rotatable bonds is 8. The van der Waals surface area contributed by atoms with Crippen molar-refractivity contribution in [1.29, 1.82) is 0 Å². The van der Waals surface area contributed by atoms with E-state index in [-0.39, 0.29) is 18.4 Å². The fourth-order valence-corrected chi connectivity index (χ4v) is 2.42. The zero-order chi connectivity index (χ0) is 18.2. The van der Waals surface area contributed by atoms with Gasteiger partial charge in [-0.05, 0) is 56.9 Å². The summed E-state index contributed by atoms with van der Waals surface area (Å²) in [7, 11) is 0. The average molecular weight is 344 g/mol. The molecule has 1 aliphatic rings. The first-order valence-corrected chi connectivity index (χ1v) is 8.42. The molecule has 1 aromatic rings. The van der Waals surface area contributed by atoms with E-state index >= 15 is 0 Å². The molecule has 2 unspecified atom stereocenters. The topological polar surface area (TPSA) is 90.6 Å². The molecule has 0 radical (unpaired) electrons. The first kappa shape index (κ1) is 18.8. The lowest BCUT2D eigenvalue weighted by Gasteiger charge is -2.23. The number of esters is 1. The molecule has 1 aromatic carbocycles. The summed E-state index contributed by atoms with van der Waals surface area (Å²) >= 11 is 0. The van der Waals surface area contributed by atoms with E-state index in [1.54, 1.807) is 38.1 Å². The van der Waals surface area contributed by atoms with Gasteiger partial charge in [-0.1, -0.05) is 5.92 Å². The monoisotopic (exact) mass is 344 g/mol. The Kier molecular flexibility index (Phi) is 6.84. The van der Waals surface area contributed by atoms with Gasteiger partial charge in [-0.15, -0.1) is 5.92 Å². The molecule has 0 saturated heterocycles. The summed E-state index contributed by atoms with van der Waals surface area (Å²) in [4.78, 5) is 24.6. The summed E-state index contributed by atoms with van der Waals surface area (Å²) in [5.41, 5.74) is 6.55. The number of hydrogen-bond acceptors (Lipinski definition) is 5. The van der Waals surface area contributed by atoms with Crippen LogP contribution >= 0.6 is 0 Å². The number of nitrogens with one attached hydrogen (secondary N) is 1. The van der Waals surface area contributed by atoms with Crippen LogP contribution in [0.4, 0.5) is 0 Å². The third kappa shape index (κ3) is 5.50. The lowest BCUT2D eigenvalue weighted by Crippen LogP contribution is -2.54. The van der Waals surface area contributed by atoms with Gasteiger partial charge in [0.1, 0.15) is 18.4 Å². The minimum atomic E-state index is -0.837. The molecule has 0 bridgehead atoms. The summed E-state index contributed by atoms with van der Waals surface area (Å²) in [6, 6.07) is 5.37. The highest BCUT2D eigenvalue weighted by atomic mass is 16.5. The summed E-state index contributed by atoms with van der Waals surface area (Å²) < 4.78 is 10.5. The molecule has 0 spiro atoms. The Hall–Kier alpha value is -2.52. The maximum absolute atomic E-state index is 12.4. The van der Waals surface area contributed by atoms with Gasteiger partial charge in [-0.2, -0.15) is 0 Å². The second-order valence-corrected chi connectivity index (χ2v) is 5.86. The van der Waals surface area contributed by atoms with Crippen molar-refractivity contribution in [2.75, 3.05) is 13.2 Å². The van der Waals surface area contributed by atoms with Crippen molar-refractivity contribution in [2.24, 2.45) is 11.7 Å². The number of carbonyl (C=O) groups is 2. The lowest BCUT2D eigenvalue weighted by molar-refractivity contribution is -0.146. The SMILES string of the molecule is CC#CCOc1ccc(C(=O)NC(C(=O)OCC)C(N)C2CC2)cc1. The van der Waals surface area contributed by atoms with Crippen molar-refractivity contribution in [3.63, 3.8) is 0 Å². The van der Waals surface area contributed by atoms with Gasteiger partial charge < -0.3 is 20.5 Å². The van der Waals surface area contributed by atoms with Gasteiger partial charge in [-0.3, -0.25) is 4.79 Å². The molecule has 2 rings (SSSR count). The van der Waals surface area contributed by atoms with Gasteiger partial charge in [0, 0.05) is 11.6 Å². The van der Waals surface area contributed by atoms with Crippen LogP contribution in [0.1, 0.15) is 37.0 Å². The Morgan fingerprint density at radius 3 is 2.56 bits per heavy atom. The van der Waals surface area contributed by atoms with Gasteiger partial charge in [0.05, 0.1) is 6.61 Å². The number of hydrogen-bond donors (Lipinski definition) is 2. The highest BCUT2D eigenvalue weighted by Crippen LogP contribution is 2.33. The van der Waals surface area contributed by atoms with E-state index in [2.05, 4.69) is 17.2 Å². The molecule has 1 saturated carbocycles. The van der Waals surface area contributed by atoms with E-state index in [0.717, 1.165) is 12.8 Å². The zero-order valence-electron chi connectivity index (χ0n) is 14.6. The van der Waals surface area contributed by atoms with Gasteiger partial charge in [0.25, 0.3) is 5.91 Å². The molecule has 1 fully saturated rings. The second kappa shape index (κ2) is 9.09. The number of benzene rings is 1. The molecule has 1 aliphatic carbocycles. The third-order valence-electron chi connectivity index (χ3n) is 3.98. The normalized spacial score (nSPS) is 15.3. The first-order chi connectivity index (χ1) is 12.1. The number of nitrogens with two attached hydrogens (primary N) is 1. The van der Waals surface area contributed by atoms with Gasteiger partial charge >= 0.3 is 5.97 Å². The second-order valence-electron chi connectivity index (χ2n) is 5.86. The van der Waals surface area contributed by atoms with E-state index < -0.39 is 18.1 Å². The van der Waals surface area contributed by atoms with Crippen molar-refractivity contribution >= 4 is 11.9 Å². The smallest absolute Gasteiger partial charge is 0.330 e. The molecule has 134 valence electrons. The highest BCUT2D eigenvalue weighted by Gasteiger charge is 2.39. The maximum Gasteiger partial charge on any atom is 0.330 e. The number of carbonyl (C=O) groups excluding carboxylic acids is 2. The molecule has 0 aromatic heterocycles.